The maximum atomic E-state index is 13.2. The average Bonchev–Trinajstić information content (AvgIpc) is 2.40. The molecule has 1 nitrogen and oxygen atoms in total. The number of hydrogen-bond acceptors (Lipinski definition) is 0. The van der Waals surface area contributed by atoms with Gasteiger partial charge < -0.3 is 0 Å². The average molecular weight is 263 g/mol. The first-order chi connectivity index (χ1) is 8.73. The van der Waals surface area contributed by atoms with Gasteiger partial charge in [0.2, 0.25) is 0 Å². The lowest BCUT2D eigenvalue weighted by Gasteiger charge is -2.23. The summed E-state index contributed by atoms with van der Waals surface area (Å²) >= 11 is 0. The summed E-state index contributed by atoms with van der Waals surface area (Å²) in [7, 11) is -2.45. The van der Waals surface area contributed by atoms with Crippen molar-refractivity contribution in [1.29, 1.82) is 0 Å². The summed E-state index contributed by atoms with van der Waals surface area (Å²) in [5.41, 5.74) is 0. The Bertz CT molecular complexity index is 300. The highest BCUT2D eigenvalue weighted by molar-refractivity contribution is 6.85. The van der Waals surface area contributed by atoms with Crippen LogP contribution in [-0.4, -0.2) is 8.32 Å². The van der Waals surface area contributed by atoms with Gasteiger partial charge in [-0.15, -0.1) is 0 Å². The first-order valence-electron chi connectivity index (χ1n) is 7.49. The van der Waals surface area contributed by atoms with Crippen LogP contribution in [0.25, 0.3) is 0 Å². The fourth-order valence-electron chi connectivity index (χ4n) is 2.48. The van der Waals surface area contributed by atoms with Crippen LogP contribution in [-0.2, 0) is 4.80 Å². The summed E-state index contributed by atoms with van der Waals surface area (Å²) in [6, 6.07) is 12.0. The normalized spacial score (nSPS) is 11.7. The van der Waals surface area contributed by atoms with Gasteiger partial charge in [0.1, 0.15) is 0 Å². The van der Waals surface area contributed by atoms with Gasteiger partial charge in [0, 0.05) is 0 Å². The molecule has 0 bridgehead atoms. The second kappa shape index (κ2) is 8.49. The lowest BCUT2D eigenvalue weighted by Crippen LogP contribution is -2.46. The van der Waals surface area contributed by atoms with Gasteiger partial charge in [0.15, 0.2) is 0 Å². The molecule has 0 aliphatic rings. The van der Waals surface area contributed by atoms with Crippen molar-refractivity contribution >= 4 is 13.5 Å². The van der Waals surface area contributed by atoms with E-state index in [0.717, 1.165) is 30.1 Å². The Kier molecular flexibility index (Phi) is 7.29. The number of hydrogen-bond donors (Lipinski definition) is 0. The summed E-state index contributed by atoms with van der Waals surface area (Å²) in [5, 5.41) is 1.12. The highest BCUT2D eigenvalue weighted by Gasteiger charge is 2.34. The molecule has 2 heteroatoms. The Labute approximate surface area is 113 Å². The van der Waals surface area contributed by atoms with E-state index in [1.807, 2.05) is 18.2 Å². The molecule has 0 fully saturated rings. The van der Waals surface area contributed by atoms with Gasteiger partial charge in [-0.05, 0) is 17.3 Å². The molecule has 0 atom stereocenters. The van der Waals surface area contributed by atoms with Crippen molar-refractivity contribution in [3.63, 3.8) is 0 Å². The molecule has 18 heavy (non-hydrogen) atoms. The topological polar surface area (TPSA) is 19.9 Å². The molecule has 0 saturated carbocycles. The van der Waals surface area contributed by atoms with Crippen LogP contribution < -0.4 is 5.19 Å². The van der Waals surface area contributed by atoms with E-state index in [-0.39, 0.29) is 0 Å². The highest BCUT2D eigenvalue weighted by atomic mass is 28.4. The van der Waals surface area contributed by atoms with Crippen molar-refractivity contribution in [2.45, 2.75) is 64.5 Å². The number of unbranched alkanes of at least 4 members (excludes halogenated alkanes) is 4. The van der Waals surface area contributed by atoms with Crippen molar-refractivity contribution in [1.82, 2.24) is 0 Å². The van der Waals surface area contributed by atoms with Crippen molar-refractivity contribution in [3.8, 4) is 0 Å². The van der Waals surface area contributed by atoms with Crippen molar-refractivity contribution in [2.24, 2.45) is 0 Å². The van der Waals surface area contributed by atoms with Gasteiger partial charge in [0.05, 0.1) is 0 Å². The molecule has 0 aliphatic carbocycles. The van der Waals surface area contributed by atoms with E-state index in [4.69, 9.17) is 0 Å². The van der Waals surface area contributed by atoms with E-state index in [1.54, 1.807) is 0 Å². The lowest BCUT2D eigenvalue weighted by atomic mass is 10.3. The highest BCUT2D eigenvalue weighted by Crippen LogP contribution is 2.21. The van der Waals surface area contributed by atoms with Crippen LogP contribution in [0.3, 0.4) is 0 Å². The minimum atomic E-state index is -2.45. The molecule has 0 heterocycles. The summed E-state index contributed by atoms with van der Waals surface area (Å²) in [5.74, 6) is 0. The Hall–Kier alpha value is -0.603. The van der Waals surface area contributed by atoms with Crippen LogP contribution >= 0.6 is 0 Å². The summed E-state index contributed by atoms with van der Waals surface area (Å²) in [4.78, 5) is 13.2. The predicted octanol–water partition coefficient (Wildman–Crippen LogP) is 4.65. The molecule has 0 N–H and O–H groups in total. The monoisotopic (exact) mass is 263 g/mol. The smallest absolute Gasteiger partial charge is 0.268 e. The fraction of sp³-hybridized carbons (Fsp3) is 0.625. The molecular formula is C16H27OSi. The maximum absolute atomic E-state index is 13.2. The molecule has 0 unspecified atom stereocenters. The second-order valence-corrected chi connectivity index (χ2v) is 8.84. The van der Waals surface area contributed by atoms with Crippen LogP contribution in [0, 0.1) is 0 Å². The molecule has 1 radical (unpaired) electrons. The summed E-state index contributed by atoms with van der Waals surface area (Å²) in [6.07, 6.45) is 7.05. The molecule has 101 valence electrons. The van der Waals surface area contributed by atoms with Crippen LogP contribution in [0.5, 0.6) is 0 Å². The Morgan fingerprint density at radius 2 is 1.33 bits per heavy atom. The lowest BCUT2D eigenvalue weighted by molar-refractivity contribution is 0.419. The number of benzene rings is 1. The van der Waals surface area contributed by atoms with Crippen LogP contribution in [0.1, 0.15) is 52.4 Å². The molecular weight excluding hydrogens is 236 g/mol. The first-order valence-corrected chi connectivity index (χ1v) is 9.81. The predicted molar refractivity (Wildman–Crippen MR) is 81.2 cm³/mol. The third kappa shape index (κ3) is 4.95. The minimum Gasteiger partial charge on any atom is -0.291 e. The molecule has 0 aliphatic heterocycles. The van der Waals surface area contributed by atoms with Gasteiger partial charge in [-0.25, -0.2) is 0 Å². The molecule has 0 amide bonds. The summed E-state index contributed by atoms with van der Waals surface area (Å²) < 4.78 is 0. The molecule has 0 saturated heterocycles. The van der Waals surface area contributed by atoms with E-state index in [1.165, 1.54) is 25.7 Å². The molecule has 0 spiro atoms. The van der Waals surface area contributed by atoms with Crippen molar-refractivity contribution in [3.05, 3.63) is 30.3 Å². The largest absolute Gasteiger partial charge is 0.291 e. The Balaban J connectivity index is 2.67. The second-order valence-electron chi connectivity index (χ2n) is 5.27. The molecule has 0 aromatic heterocycles. The van der Waals surface area contributed by atoms with Gasteiger partial charge in [-0.3, -0.25) is 4.80 Å². The third-order valence-corrected chi connectivity index (χ3v) is 7.38. The standard InChI is InChI=1S/C16H27OSi/c1-3-5-10-14-18(17,15-11-6-4-2)16-12-8-7-9-13-16/h7-9,12-13H,3-6,10-11,14-15H2,1-2H3. The Morgan fingerprint density at radius 1 is 0.833 bits per heavy atom. The van der Waals surface area contributed by atoms with E-state index >= 15 is 0 Å². The van der Waals surface area contributed by atoms with E-state index in [2.05, 4.69) is 26.0 Å². The maximum Gasteiger partial charge on any atom is 0.268 e. The quantitative estimate of drug-likeness (QED) is 0.456. The van der Waals surface area contributed by atoms with E-state index in [0.29, 0.717) is 0 Å². The van der Waals surface area contributed by atoms with E-state index in [9.17, 15) is 4.80 Å². The molecule has 1 rings (SSSR count). The van der Waals surface area contributed by atoms with Gasteiger partial charge >= 0.3 is 0 Å². The number of rotatable bonds is 9. The zero-order chi connectivity index (χ0) is 13.3. The van der Waals surface area contributed by atoms with Gasteiger partial charge in [-0.2, -0.15) is 0 Å². The van der Waals surface area contributed by atoms with Gasteiger partial charge in [-0.1, -0.05) is 82.7 Å². The van der Waals surface area contributed by atoms with Gasteiger partial charge in [0.25, 0.3) is 8.32 Å². The minimum absolute atomic E-state index is 0.925. The SMILES string of the molecule is CCCCC[Si]([O])(CCCCC)c1ccccc1. The van der Waals surface area contributed by atoms with Crippen molar-refractivity contribution < 1.29 is 4.80 Å². The fourth-order valence-corrected chi connectivity index (χ4v) is 5.75. The van der Waals surface area contributed by atoms with Crippen LogP contribution in [0.15, 0.2) is 30.3 Å². The molecule has 1 aromatic carbocycles. The molecule has 1 aromatic rings. The van der Waals surface area contributed by atoms with Crippen molar-refractivity contribution in [2.75, 3.05) is 0 Å². The zero-order valence-corrected chi connectivity index (χ0v) is 13.0. The summed E-state index contributed by atoms with van der Waals surface area (Å²) in [6.45, 7) is 4.40. The van der Waals surface area contributed by atoms with E-state index < -0.39 is 8.32 Å². The van der Waals surface area contributed by atoms with Crippen LogP contribution in [0.2, 0.25) is 12.1 Å². The third-order valence-electron chi connectivity index (χ3n) is 3.67. The zero-order valence-electron chi connectivity index (χ0n) is 12.0. The Morgan fingerprint density at radius 3 is 1.78 bits per heavy atom. The first kappa shape index (κ1) is 15.5. The van der Waals surface area contributed by atoms with Crippen LogP contribution in [0.4, 0.5) is 0 Å².